The van der Waals surface area contributed by atoms with Gasteiger partial charge in [0.15, 0.2) is 5.78 Å². The zero-order valence-electron chi connectivity index (χ0n) is 12.7. The average molecular weight is 377 g/mol. The average Bonchev–Trinajstić information content (AvgIpc) is 2.51. The molecule has 25 heavy (non-hydrogen) atoms. The molecule has 0 aromatic heterocycles. The minimum absolute atomic E-state index is 0.217. The summed E-state index contributed by atoms with van der Waals surface area (Å²) in [5, 5.41) is 0. The highest BCUT2D eigenvalue weighted by atomic mass is 19.4. The molecule has 140 valence electrons. The lowest BCUT2D eigenvalue weighted by atomic mass is 10.0. The monoisotopic (exact) mass is 377 g/mol. The van der Waals surface area contributed by atoms with Crippen molar-refractivity contribution in [2.45, 2.75) is 31.0 Å². The molecule has 0 saturated carbocycles. The van der Waals surface area contributed by atoms with Crippen LogP contribution in [0.25, 0.3) is 0 Å². The van der Waals surface area contributed by atoms with Gasteiger partial charge in [-0.3, -0.25) is 9.59 Å². The van der Waals surface area contributed by atoms with E-state index in [1.54, 1.807) is 0 Å². The van der Waals surface area contributed by atoms with E-state index in [0.29, 0.717) is 7.05 Å². The van der Waals surface area contributed by atoms with Gasteiger partial charge in [-0.1, -0.05) is 0 Å². The molecule has 0 fully saturated rings. The molecule has 0 aliphatic carbocycles. The molecule has 1 aromatic carbocycles. The number of rotatable bonds is 5. The Balaban J connectivity index is 3.08. The quantitative estimate of drug-likeness (QED) is 0.580. The predicted octanol–water partition coefficient (Wildman–Crippen LogP) is 3.69. The molecule has 1 aromatic rings. The fourth-order valence-electron chi connectivity index (χ4n) is 1.74. The van der Waals surface area contributed by atoms with Gasteiger partial charge in [0.2, 0.25) is 0 Å². The second kappa shape index (κ2) is 6.60. The Hall–Kier alpha value is -2.20. The number of carbonyl (C=O) groups excluding carboxylic acids is 2. The second-order valence-electron chi connectivity index (χ2n) is 5.11. The molecule has 1 rings (SSSR count). The number of likely N-dealkylation sites (N-methyl/N-ethyl adjacent to an activating group) is 1. The molecule has 0 aliphatic heterocycles. The molecule has 0 heterocycles. The van der Waals surface area contributed by atoms with Gasteiger partial charge in [-0.15, -0.1) is 0 Å². The van der Waals surface area contributed by atoms with E-state index in [1.165, 1.54) is 0 Å². The number of ketones is 1. The van der Waals surface area contributed by atoms with Crippen molar-refractivity contribution >= 4 is 11.7 Å². The van der Waals surface area contributed by atoms with Gasteiger partial charge in [0.25, 0.3) is 5.91 Å². The molecular weight excluding hydrogens is 366 g/mol. The van der Waals surface area contributed by atoms with Crippen LogP contribution < -0.4 is 0 Å². The molecule has 1 unspecified atom stereocenters. The zero-order valence-corrected chi connectivity index (χ0v) is 12.7. The zero-order chi connectivity index (χ0) is 19.8. The van der Waals surface area contributed by atoms with Crippen LogP contribution in [-0.2, 0) is 4.79 Å². The fourth-order valence-corrected chi connectivity index (χ4v) is 1.74. The van der Waals surface area contributed by atoms with Gasteiger partial charge in [0, 0.05) is 12.6 Å². The van der Waals surface area contributed by atoms with E-state index in [9.17, 15) is 44.7 Å². The number of nitrogens with zero attached hydrogens (tertiary/aromatic N) is 1. The number of Topliss-reactive ketones (excluding diaryl/α,β-unsaturated/α-hetero) is 1. The molecule has 3 nitrogen and oxygen atoms in total. The molecule has 1 atom stereocenters. The molecular formula is C14H11F8NO2. The molecule has 0 aliphatic rings. The van der Waals surface area contributed by atoms with Crippen molar-refractivity contribution in [1.82, 2.24) is 4.90 Å². The molecule has 0 N–H and O–H groups in total. The summed E-state index contributed by atoms with van der Waals surface area (Å²) in [6.45, 7) is 0.853. The summed E-state index contributed by atoms with van der Waals surface area (Å²) in [5.41, 5.74) is -0.251. The van der Waals surface area contributed by atoms with Crippen molar-refractivity contribution in [3.63, 3.8) is 0 Å². The van der Waals surface area contributed by atoms with E-state index >= 15 is 0 Å². The Bertz CT molecular complexity index is 654. The van der Waals surface area contributed by atoms with Crippen LogP contribution in [0, 0.1) is 5.82 Å². The molecule has 0 radical (unpaired) electrons. The van der Waals surface area contributed by atoms with Crippen LogP contribution in [-0.4, -0.2) is 47.7 Å². The second-order valence-corrected chi connectivity index (χ2v) is 5.11. The largest absolute Gasteiger partial charge is 0.460 e. The standard InChI is InChI=1S/C14H11F8NO2/c1-7(10(24)8-3-5-9(15)6-4-8)23(2)11(25)12(16,17)13(18,19)14(20,21)22/h3-7H,1-2H3. The topological polar surface area (TPSA) is 37.4 Å². The summed E-state index contributed by atoms with van der Waals surface area (Å²) >= 11 is 0. The number of carbonyl (C=O) groups is 2. The number of hydrogen-bond donors (Lipinski definition) is 0. The third-order valence-corrected chi connectivity index (χ3v) is 3.43. The van der Waals surface area contributed by atoms with Crippen LogP contribution in [0.2, 0.25) is 0 Å². The first-order valence-electron chi connectivity index (χ1n) is 6.54. The maximum Gasteiger partial charge on any atom is 0.460 e. The van der Waals surface area contributed by atoms with E-state index in [2.05, 4.69) is 0 Å². The van der Waals surface area contributed by atoms with E-state index < -0.39 is 41.6 Å². The Morgan fingerprint density at radius 3 is 1.80 bits per heavy atom. The highest BCUT2D eigenvalue weighted by molar-refractivity contribution is 6.02. The predicted molar refractivity (Wildman–Crippen MR) is 68.9 cm³/mol. The van der Waals surface area contributed by atoms with E-state index in [4.69, 9.17) is 0 Å². The maximum atomic E-state index is 13.4. The van der Waals surface area contributed by atoms with Crippen molar-refractivity contribution in [3.8, 4) is 0 Å². The third kappa shape index (κ3) is 3.74. The van der Waals surface area contributed by atoms with Gasteiger partial charge in [-0.2, -0.15) is 30.7 Å². The SMILES string of the molecule is CC(C(=O)c1ccc(F)cc1)N(C)C(=O)C(F)(F)C(F)(F)C(F)(F)F. The van der Waals surface area contributed by atoms with Crippen LogP contribution in [0.15, 0.2) is 24.3 Å². The number of hydrogen-bond acceptors (Lipinski definition) is 2. The number of benzene rings is 1. The minimum Gasteiger partial charge on any atom is -0.330 e. The number of alkyl halides is 7. The number of halogens is 8. The Labute approximate surface area is 136 Å². The van der Waals surface area contributed by atoms with E-state index in [-0.39, 0.29) is 10.5 Å². The Kier molecular flexibility index (Phi) is 5.50. The van der Waals surface area contributed by atoms with Gasteiger partial charge in [0.05, 0.1) is 6.04 Å². The molecule has 11 heteroatoms. The summed E-state index contributed by atoms with van der Waals surface area (Å²) in [6, 6.07) is 1.76. The normalized spacial score (nSPS) is 14.2. The van der Waals surface area contributed by atoms with Crippen molar-refractivity contribution < 1.29 is 44.7 Å². The Morgan fingerprint density at radius 1 is 0.960 bits per heavy atom. The smallest absolute Gasteiger partial charge is 0.330 e. The molecule has 0 bridgehead atoms. The summed E-state index contributed by atoms with van der Waals surface area (Å²) in [7, 11) is 0.481. The lowest BCUT2D eigenvalue weighted by Gasteiger charge is -2.32. The maximum absolute atomic E-state index is 13.4. The van der Waals surface area contributed by atoms with Gasteiger partial charge >= 0.3 is 18.0 Å². The highest BCUT2D eigenvalue weighted by Crippen LogP contribution is 2.47. The van der Waals surface area contributed by atoms with Crippen molar-refractivity contribution in [3.05, 3.63) is 35.6 Å². The van der Waals surface area contributed by atoms with Gasteiger partial charge in [-0.25, -0.2) is 4.39 Å². The van der Waals surface area contributed by atoms with Crippen LogP contribution in [0.4, 0.5) is 35.1 Å². The van der Waals surface area contributed by atoms with Crippen LogP contribution in [0.5, 0.6) is 0 Å². The first kappa shape index (κ1) is 20.8. The van der Waals surface area contributed by atoms with Crippen LogP contribution >= 0.6 is 0 Å². The van der Waals surface area contributed by atoms with Gasteiger partial charge in [0.1, 0.15) is 5.82 Å². The summed E-state index contributed by atoms with van der Waals surface area (Å²) in [4.78, 5) is 23.3. The van der Waals surface area contributed by atoms with Crippen molar-refractivity contribution in [2.75, 3.05) is 7.05 Å². The van der Waals surface area contributed by atoms with Crippen molar-refractivity contribution in [2.24, 2.45) is 0 Å². The molecule has 1 amide bonds. The van der Waals surface area contributed by atoms with E-state index in [0.717, 1.165) is 31.2 Å². The summed E-state index contributed by atoms with van der Waals surface area (Å²) in [6.07, 6.45) is -6.67. The van der Waals surface area contributed by atoms with Crippen LogP contribution in [0.3, 0.4) is 0 Å². The van der Waals surface area contributed by atoms with Crippen LogP contribution in [0.1, 0.15) is 17.3 Å². The number of amides is 1. The van der Waals surface area contributed by atoms with Gasteiger partial charge < -0.3 is 4.90 Å². The minimum atomic E-state index is -6.67. The lowest BCUT2D eigenvalue weighted by molar-refractivity contribution is -0.345. The lowest BCUT2D eigenvalue weighted by Crippen LogP contribution is -2.61. The summed E-state index contributed by atoms with van der Waals surface area (Å²) in [5.74, 6) is -17.4. The first-order chi connectivity index (χ1) is 11.1. The first-order valence-corrected chi connectivity index (χ1v) is 6.54. The van der Waals surface area contributed by atoms with E-state index in [1.807, 2.05) is 0 Å². The van der Waals surface area contributed by atoms with Crippen molar-refractivity contribution in [1.29, 1.82) is 0 Å². The highest BCUT2D eigenvalue weighted by Gasteiger charge is 2.76. The van der Waals surface area contributed by atoms with Gasteiger partial charge in [-0.05, 0) is 31.2 Å². The summed E-state index contributed by atoms with van der Waals surface area (Å²) < 4.78 is 102. The fraction of sp³-hybridized carbons (Fsp3) is 0.429. The molecule has 0 spiro atoms. The molecule has 0 saturated heterocycles. The Morgan fingerprint density at radius 2 is 1.40 bits per heavy atom. The third-order valence-electron chi connectivity index (χ3n) is 3.43.